The number of nitrogens with zero attached hydrogens (tertiary/aromatic N) is 2. The van der Waals surface area contributed by atoms with Crippen LogP contribution in [0.1, 0.15) is 17.3 Å². The number of hydrogen-bond acceptors (Lipinski definition) is 2. The van der Waals surface area contributed by atoms with Crippen molar-refractivity contribution in [2.75, 3.05) is 0 Å². The minimum Gasteiger partial charge on any atom is -0.306 e. The number of pyridine rings is 1. The maximum atomic E-state index is 11.7. The Kier molecular flexibility index (Phi) is 4.27. The fourth-order valence-corrected chi connectivity index (χ4v) is 3.43. The molecule has 128 valence electrons. The topological polar surface area (TPSA) is 34.4 Å². The third kappa shape index (κ3) is 3.00. The van der Waals surface area contributed by atoms with E-state index in [1.54, 1.807) is 6.07 Å². The average Bonchev–Trinajstić information content (AvgIpc) is 3.05. The molecule has 0 amide bonds. The molecule has 0 N–H and O–H groups in total. The predicted molar refractivity (Wildman–Crippen MR) is 106 cm³/mol. The van der Waals surface area contributed by atoms with Gasteiger partial charge in [0.15, 0.2) is 5.78 Å². The second kappa shape index (κ2) is 6.60. The van der Waals surface area contributed by atoms with Crippen molar-refractivity contribution in [3.8, 4) is 22.4 Å². The fourth-order valence-electron chi connectivity index (χ4n) is 2.94. The Morgan fingerprint density at radius 1 is 0.923 bits per heavy atom. The first kappa shape index (κ1) is 16.8. The molecule has 0 aliphatic carbocycles. The van der Waals surface area contributed by atoms with Crippen molar-refractivity contribution < 1.29 is 4.79 Å². The SMILES string of the molecule is CC(=O)c1cccc(-c2ccc3nc(-c4ccc(Cl)cc4)cn3c2)c1Cl. The molecule has 0 spiro atoms. The summed E-state index contributed by atoms with van der Waals surface area (Å²) < 4.78 is 1.95. The molecule has 0 aliphatic rings. The van der Waals surface area contributed by atoms with E-state index in [9.17, 15) is 4.79 Å². The fraction of sp³-hybridized carbons (Fsp3) is 0.0476. The highest BCUT2D eigenvalue weighted by Gasteiger charge is 2.12. The van der Waals surface area contributed by atoms with Crippen LogP contribution in [-0.2, 0) is 0 Å². The summed E-state index contributed by atoms with van der Waals surface area (Å²) in [6.45, 7) is 1.52. The van der Waals surface area contributed by atoms with Gasteiger partial charge in [-0.25, -0.2) is 4.98 Å². The van der Waals surface area contributed by atoms with Gasteiger partial charge >= 0.3 is 0 Å². The number of aromatic nitrogens is 2. The molecule has 0 aliphatic heterocycles. The molecule has 26 heavy (non-hydrogen) atoms. The minimum absolute atomic E-state index is 0.0504. The van der Waals surface area contributed by atoms with E-state index in [1.807, 2.05) is 65.3 Å². The summed E-state index contributed by atoms with van der Waals surface area (Å²) >= 11 is 12.4. The van der Waals surface area contributed by atoms with E-state index in [2.05, 4.69) is 4.98 Å². The van der Waals surface area contributed by atoms with Gasteiger partial charge in [0.1, 0.15) is 5.65 Å². The number of benzene rings is 2. The van der Waals surface area contributed by atoms with Crippen molar-refractivity contribution in [3.05, 3.63) is 82.6 Å². The number of ketones is 1. The monoisotopic (exact) mass is 380 g/mol. The number of halogens is 2. The summed E-state index contributed by atoms with van der Waals surface area (Å²) in [6.07, 6.45) is 3.93. The van der Waals surface area contributed by atoms with Gasteiger partial charge in [-0.1, -0.05) is 47.5 Å². The van der Waals surface area contributed by atoms with Crippen molar-refractivity contribution in [2.24, 2.45) is 0 Å². The highest BCUT2D eigenvalue weighted by Crippen LogP contribution is 2.31. The molecular weight excluding hydrogens is 367 g/mol. The first-order valence-electron chi connectivity index (χ1n) is 8.07. The number of imidazole rings is 1. The predicted octanol–water partition coefficient (Wildman–Crippen LogP) is 6.18. The van der Waals surface area contributed by atoms with Crippen molar-refractivity contribution in [3.63, 3.8) is 0 Å². The lowest BCUT2D eigenvalue weighted by Crippen LogP contribution is -1.95. The van der Waals surface area contributed by atoms with Gasteiger partial charge in [0.05, 0.1) is 10.7 Å². The molecule has 0 saturated carbocycles. The van der Waals surface area contributed by atoms with E-state index >= 15 is 0 Å². The van der Waals surface area contributed by atoms with Gasteiger partial charge in [0, 0.05) is 34.1 Å². The van der Waals surface area contributed by atoms with E-state index in [-0.39, 0.29) is 5.78 Å². The molecule has 0 unspecified atom stereocenters. The normalized spacial score (nSPS) is 11.0. The number of fused-ring (bicyclic) bond motifs is 1. The van der Waals surface area contributed by atoms with Crippen molar-refractivity contribution in [1.29, 1.82) is 0 Å². The summed E-state index contributed by atoms with van der Waals surface area (Å²) in [6, 6.07) is 17.0. The minimum atomic E-state index is -0.0504. The first-order valence-corrected chi connectivity index (χ1v) is 8.83. The van der Waals surface area contributed by atoms with Gasteiger partial charge in [-0.2, -0.15) is 0 Å². The van der Waals surface area contributed by atoms with E-state index < -0.39 is 0 Å². The van der Waals surface area contributed by atoms with Crippen LogP contribution in [0, 0.1) is 0 Å². The van der Waals surface area contributed by atoms with Crippen molar-refractivity contribution in [1.82, 2.24) is 9.38 Å². The molecule has 2 heterocycles. The molecule has 0 saturated heterocycles. The number of rotatable bonds is 3. The quantitative estimate of drug-likeness (QED) is 0.397. The van der Waals surface area contributed by atoms with Gasteiger partial charge in [0.2, 0.25) is 0 Å². The molecule has 4 rings (SSSR count). The van der Waals surface area contributed by atoms with Crippen molar-refractivity contribution >= 4 is 34.6 Å². The molecule has 0 atom stereocenters. The molecule has 0 fully saturated rings. The van der Waals surface area contributed by atoms with Crippen molar-refractivity contribution in [2.45, 2.75) is 6.92 Å². The summed E-state index contributed by atoms with van der Waals surface area (Å²) in [5.74, 6) is -0.0504. The summed E-state index contributed by atoms with van der Waals surface area (Å²) in [5.41, 5.74) is 4.96. The summed E-state index contributed by atoms with van der Waals surface area (Å²) in [7, 11) is 0. The van der Waals surface area contributed by atoms with Gasteiger partial charge in [-0.15, -0.1) is 0 Å². The van der Waals surface area contributed by atoms with Gasteiger partial charge in [-0.05, 0) is 42.8 Å². The Morgan fingerprint density at radius 3 is 2.38 bits per heavy atom. The van der Waals surface area contributed by atoms with Crippen LogP contribution in [0.5, 0.6) is 0 Å². The maximum absolute atomic E-state index is 11.7. The zero-order chi connectivity index (χ0) is 18.3. The molecule has 2 aromatic heterocycles. The number of Topliss-reactive ketones (excluding diaryl/α,β-unsaturated/α-hetero) is 1. The van der Waals surface area contributed by atoms with Crippen LogP contribution < -0.4 is 0 Å². The lowest BCUT2D eigenvalue weighted by molar-refractivity contribution is 0.101. The van der Waals surface area contributed by atoms with Crippen LogP contribution in [0.4, 0.5) is 0 Å². The Bertz CT molecular complexity index is 1130. The Labute approximate surface area is 160 Å². The third-order valence-corrected chi connectivity index (χ3v) is 4.94. The van der Waals surface area contributed by atoms with E-state index in [1.165, 1.54) is 6.92 Å². The van der Waals surface area contributed by atoms with E-state index in [4.69, 9.17) is 23.2 Å². The Balaban J connectivity index is 1.80. The highest BCUT2D eigenvalue weighted by atomic mass is 35.5. The van der Waals surface area contributed by atoms with Gasteiger partial charge < -0.3 is 4.40 Å². The third-order valence-electron chi connectivity index (χ3n) is 4.28. The van der Waals surface area contributed by atoms with Crippen LogP contribution in [0.2, 0.25) is 10.0 Å². The Morgan fingerprint density at radius 2 is 1.65 bits per heavy atom. The lowest BCUT2D eigenvalue weighted by atomic mass is 10.0. The molecular formula is C21H14Cl2N2O. The largest absolute Gasteiger partial charge is 0.306 e. The Hall–Kier alpha value is -2.62. The standard InChI is InChI=1S/C21H14Cl2N2O/c1-13(26)17-3-2-4-18(21(17)23)15-7-10-20-24-19(12-25(20)11-15)14-5-8-16(22)9-6-14/h2-12H,1H3. The van der Waals surface area contributed by atoms with Crippen LogP contribution in [0.25, 0.3) is 28.0 Å². The molecule has 3 nitrogen and oxygen atoms in total. The zero-order valence-electron chi connectivity index (χ0n) is 13.9. The second-order valence-electron chi connectivity index (χ2n) is 6.04. The molecule has 5 heteroatoms. The first-order chi connectivity index (χ1) is 12.5. The highest BCUT2D eigenvalue weighted by molar-refractivity contribution is 6.36. The second-order valence-corrected chi connectivity index (χ2v) is 6.85. The van der Waals surface area contributed by atoms with Crippen LogP contribution >= 0.6 is 23.2 Å². The van der Waals surface area contributed by atoms with Crippen LogP contribution in [0.3, 0.4) is 0 Å². The number of carbonyl (C=O) groups is 1. The van der Waals surface area contributed by atoms with Crippen LogP contribution in [0.15, 0.2) is 67.0 Å². The maximum Gasteiger partial charge on any atom is 0.161 e. The van der Waals surface area contributed by atoms with Gasteiger partial charge in [0.25, 0.3) is 0 Å². The molecule has 0 radical (unpaired) electrons. The summed E-state index contributed by atoms with van der Waals surface area (Å²) in [4.78, 5) is 16.4. The van der Waals surface area contributed by atoms with Crippen LogP contribution in [-0.4, -0.2) is 15.2 Å². The number of carbonyl (C=O) groups excluding carboxylic acids is 1. The smallest absolute Gasteiger partial charge is 0.161 e. The molecule has 2 aromatic carbocycles. The molecule has 4 aromatic rings. The summed E-state index contributed by atoms with van der Waals surface area (Å²) in [5, 5.41) is 1.16. The number of hydrogen-bond donors (Lipinski definition) is 0. The average molecular weight is 381 g/mol. The zero-order valence-corrected chi connectivity index (χ0v) is 15.4. The lowest BCUT2D eigenvalue weighted by Gasteiger charge is -2.08. The van der Waals surface area contributed by atoms with Gasteiger partial charge in [-0.3, -0.25) is 4.79 Å². The van der Waals surface area contributed by atoms with E-state index in [0.717, 1.165) is 28.0 Å². The molecule has 0 bridgehead atoms. The van der Waals surface area contributed by atoms with E-state index in [0.29, 0.717) is 15.6 Å².